The van der Waals surface area contributed by atoms with Crippen LogP contribution >= 0.6 is 12.2 Å². The molecule has 0 aliphatic heterocycles. The van der Waals surface area contributed by atoms with Gasteiger partial charge in [-0.25, -0.2) is 12.7 Å². The van der Waals surface area contributed by atoms with Gasteiger partial charge in [-0.2, -0.15) is 0 Å². The number of hydrogen-bond donors (Lipinski definition) is 1. The lowest BCUT2D eigenvalue weighted by Gasteiger charge is -2.24. The molecule has 0 radical (unpaired) electrons. The van der Waals surface area contributed by atoms with Crippen LogP contribution < -0.4 is 5.73 Å². The summed E-state index contributed by atoms with van der Waals surface area (Å²) in [7, 11) is -3.37. The van der Waals surface area contributed by atoms with Crippen molar-refractivity contribution in [1.29, 1.82) is 0 Å². The van der Waals surface area contributed by atoms with Gasteiger partial charge in [-0.15, -0.1) is 0 Å². The van der Waals surface area contributed by atoms with Gasteiger partial charge in [0.15, 0.2) is 0 Å². The molecule has 0 heterocycles. The smallest absolute Gasteiger partial charge is 0.218 e. The van der Waals surface area contributed by atoms with Crippen LogP contribution in [0.2, 0.25) is 0 Å². The molecule has 0 spiro atoms. The predicted octanol–water partition coefficient (Wildman–Crippen LogP) is 2.52. The third-order valence-electron chi connectivity index (χ3n) is 3.58. The van der Waals surface area contributed by atoms with Crippen molar-refractivity contribution in [3.05, 3.63) is 35.4 Å². The number of sulfonamides is 1. The fourth-order valence-electron chi connectivity index (χ4n) is 2.09. The van der Waals surface area contributed by atoms with E-state index in [1.54, 1.807) is 24.3 Å². The maximum absolute atomic E-state index is 12.6. The van der Waals surface area contributed by atoms with Crippen molar-refractivity contribution in [2.24, 2.45) is 11.7 Å². The molecular weight excluding hydrogens is 304 g/mol. The SMILES string of the molecule is CCC(C)CN(CC)S(=O)(=O)Cc1ccccc1C(N)=S. The summed E-state index contributed by atoms with van der Waals surface area (Å²) >= 11 is 4.99. The molecule has 1 aromatic carbocycles. The van der Waals surface area contributed by atoms with E-state index in [2.05, 4.69) is 13.8 Å². The van der Waals surface area contributed by atoms with Gasteiger partial charge >= 0.3 is 0 Å². The predicted molar refractivity (Wildman–Crippen MR) is 91.7 cm³/mol. The zero-order valence-electron chi connectivity index (χ0n) is 12.9. The van der Waals surface area contributed by atoms with Crippen LogP contribution in [0.5, 0.6) is 0 Å². The van der Waals surface area contributed by atoms with Gasteiger partial charge in [-0.3, -0.25) is 0 Å². The molecule has 0 saturated heterocycles. The fraction of sp³-hybridized carbons (Fsp3) is 0.533. The molecule has 4 nitrogen and oxygen atoms in total. The molecule has 1 atom stereocenters. The first-order valence-electron chi connectivity index (χ1n) is 7.17. The van der Waals surface area contributed by atoms with Crippen LogP contribution in [-0.4, -0.2) is 30.8 Å². The van der Waals surface area contributed by atoms with Crippen LogP contribution in [0.15, 0.2) is 24.3 Å². The van der Waals surface area contributed by atoms with E-state index in [0.717, 1.165) is 6.42 Å². The molecule has 118 valence electrons. The molecule has 1 aromatic rings. The lowest BCUT2D eigenvalue weighted by atomic mass is 10.1. The largest absolute Gasteiger partial charge is 0.389 e. The molecule has 0 aliphatic rings. The first kappa shape index (κ1) is 18.1. The van der Waals surface area contributed by atoms with E-state index >= 15 is 0 Å². The Morgan fingerprint density at radius 1 is 1.33 bits per heavy atom. The van der Waals surface area contributed by atoms with Gasteiger partial charge in [-0.1, -0.05) is 63.7 Å². The topological polar surface area (TPSA) is 63.4 Å². The van der Waals surface area contributed by atoms with Crippen LogP contribution in [-0.2, 0) is 15.8 Å². The van der Waals surface area contributed by atoms with Gasteiger partial charge in [0.25, 0.3) is 0 Å². The van der Waals surface area contributed by atoms with Crippen LogP contribution in [0.4, 0.5) is 0 Å². The lowest BCUT2D eigenvalue weighted by Crippen LogP contribution is -2.35. The summed E-state index contributed by atoms with van der Waals surface area (Å²) in [4.78, 5) is 0.228. The summed E-state index contributed by atoms with van der Waals surface area (Å²) in [5.41, 5.74) is 6.96. The van der Waals surface area contributed by atoms with Crippen molar-refractivity contribution >= 4 is 27.2 Å². The molecule has 0 amide bonds. The van der Waals surface area contributed by atoms with Crippen LogP contribution in [0.3, 0.4) is 0 Å². The van der Waals surface area contributed by atoms with E-state index in [0.29, 0.717) is 30.1 Å². The Balaban J connectivity index is 3.01. The molecule has 1 unspecified atom stereocenters. The van der Waals surface area contributed by atoms with Crippen molar-refractivity contribution < 1.29 is 8.42 Å². The van der Waals surface area contributed by atoms with Crippen molar-refractivity contribution in [2.75, 3.05) is 13.1 Å². The first-order chi connectivity index (χ1) is 9.81. The van der Waals surface area contributed by atoms with E-state index < -0.39 is 10.0 Å². The Kier molecular flexibility index (Phi) is 6.77. The maximum atomic E-state index is 12.6. The summed E-state index contributed by atoms with van der Waals surface area (Å²) in [6.07, 6.45) is 0.954. The Morgan fingerprint density at radius 3 is 2.48 bits per heavy atom. The molecule has 2 N–H and O–H groups in total. The highest BCUT2D eigenvalue weighted by atomic mass is 32.2. The van der Waals surface area contributed by atoms with Crippen LogP contribution in [0.25, 0.3) is 0 Å². The van der Waals surface area contributed by atoms with E-state index in [1.807, 2.05) is 6.92 Å². The molecule has 0 aliphatic carbocycles. The molecule has 0 fully saturated rings. The first-order valence-corrected chi connectivity index (χ1v) is 9.19. The third-order valence-corrected chi connectivity index (χ3v) is 5.67. The number of hydrogen-bond acceptors (Lipinski definition) is 3. The standard InChI is InChI=1S/C15H24N2O2S2/c1-4-12(3)10-17(5-2)21(18,19)11-13-8-6-7-9-14(13)15(16)20/h6-9,12H,4-5,10-11H2,1-3H3,(H2,16,20). The highest BCUT2D eigenvalue weighted by Crippen LogP contribution is 2.17. The minimum absolute atomic E-state index is 0.0647. The van der Waals surface area contributed by atoms with Gasteiger partial charge in [0.05, 0.1) is 5.75 Å². The Bertz CT molecular complexity index is 585. The monoisotopic (exact) mass is 328 g/mol. The van der Waals surface area contributed by atoms with E-state index in [1.165, 1.54) is 4.31 Å². The fourth-order valence-corrected chi connectivity index (χ4v) is 3.99. The number of nitrogens with two attached hydrogens (primary N) is 1. The van der Waals surface area contributed by atoms with E-state index in [-0.39, 0.29) is 10.7 Å². The molecule has 6 heteroatoms. The number of rotatable bonds is 8. The van der Waals surface area contributed by atoms with E-state index in [9.17, 15) is 8.42 Å². The van der Waals surface area contributed by atoms with Crippen LogP contribution in [0.1, 0.15) is 38.3 Å². The minimum atomic E-state index is -3.37. The quantitative estimate of drug-likeness (QED) is 0.745. The van der Waals surface area contributed by atoms with Crippen molar-refractivity contribution in [3.8, 4) is 0 Å². The van der Waals surface area contributed by atoms with Crippen molar-refractivity contribution in [2.45, 2.75) is 32.9 Å². The molecule has 0 bridgehead atoms. The summed E-state index contributed by atoms with van der Waals surface area (Å²) in [5, 5.41) is 0. The summed E-state index contributed by atoms with van der Waals surface area (Å²) in [5.74, 6) is 0.274. The normalized spacial score (nSPS) is 13.3. The molecule has 0 saturated carbocycles. The Labute approximate surface area is 133 Å². The molecule has 21 heavy (non-hydrogen) atoms. The van der Waals surface area contributed by atoms with Crippen LogP contribution in [0, 0.1) is 5.92 Å². The maximum Gasteiger partial charge on any atom is 0.218 e. The Hall–Kier alpha value is -0.980. The minimum Gasteiger partial charge on any atom is -0.389 e. The summed E-state index contributed by atoms with van der Waals surface area (Å²) in [6, 6.07) is 7.14. The summed E-state index contributed by atoms with van der Waals surface area (Å²) < 4.78 is 26.7. The summed E-state index contributed by atoms with van der Waals surface area (Å²) in [6.45, 7) is 7.00. The molecule has 1 rings (SSSR count). The van der Waals surface area contributed by atoms with Gasteiger partial charge in [0.2, 0.25) is 10.0 Å². The van der Waals surface area contributed by atoms with Gasteiger partial charge in [0.1, 0.15) is 4.99 Å². The van der Waals surface area contributed by atoms with Crippen molar-refractivity contribution in [3.63, 3.8) is 0 Å². The Morgan fingerprint density at radius 2 is 1.95 bits per heavy atom. The van der Waals surface area contributed by atoms with Crippen molar-refractivity contribution in [1.82, 2.24) is 4.31 Å². The highest BCUT2D eigenvalue weighted by Gasteiger charge is 2.23. The van der Waals surface area contributed by atoms with Gasteiger partial charge in [-0.05, 0) is 11.5 Å². The highest BCUT2D eigenvalue weighted by molar-refractivity contribution is 7.88. The van der Waals surface area contributed by atoms with Gasteiger partial charge < -0.3 is 5.73 Å². The second kappa shape index (κ2) is 7.87. The average Bonchev–Trinajstić information content (AvgIpc) is 2.44. The second-order valence-electron chi connectivity index (χ2n) is 5.24. The lowest BCUT2D eigenvalue weighted by molar-refractivity contribution is 0.361. The zero-order valence-corrected chi connectivity index (χ0v) is 14.5. The second-order valence-corrected chi connectivity index (χ2v) is 7.65. The molecule has 0 aromatic heterocycles. The number of nitrogens with zero attached hydrogens (tertiary/aromatic N) is 1. The number of thiocarbonyl (C=S) groups is 1. The van der Waals surface area contributed by atoms with E-state index in [4.69, 9.17) is 18.0 Å². The van der Waals surface area contributed by atoms with Gasteiger partial charge in [0, 0.05) is 18.7 Å². The average molecular weight is 329 g/mol. The zero-order chi connectivity index (χ0) is 16.0. The third kappa shape index (κ3) is 5.05. The number of benzene rings is 1. The molecular formula is C15H24N2O2S2.